The molecule has 0 saturated heterocycles. The Balaban J connectivity index is 1.33. The number of aliphatic hydroxyl groups excluding tert-OH is 1. The number of nitrogens with zero attached hydrogens (tertiary/aromatic N) is 4. The van der Waals surface area contributed by atoms with Crippen molar-refractivity contribution in [3.05, 3.63) is 86.3 Å². The number of aliphatic hydroxyl groups is 1. The third kappa shape index (κ3) is 5.26. The van der Waals surface area contributed by atoms with Crippen LogP contribution in [0.2, 0.25) is 0 Å². The fourth-order valence-electron chi connectivity index (χ4n) is 4.89. The van der Waals surface area contributed by atoms with Gasteiger partial charge in [-0.25, -0.2) is 4.98 Å². The Morgan fingerprint density at radius 2 is 1.95 bits per heavy atom. The zero-order chi connectivity index (χ0) is 27.9. The van der Waals surface area contributed by atoms with Crippen molar-refractivity contribution in [3.63, 3.8) is 0 Å². The van der Waals surface area contributed by atoms with Crippen LogP contribution in [0.1, 0.15) is 44.7 Å². The quantitative estimate of drug-likeness (QED) is 0.491. The first kappa shape index (κ1) is 26.8. The number of halogens is 4. The van der Waals surface area contributed by atoms with Crippen molar-refractivity contribution in [1.29, 1.82) is 0 Å². The average Bonchev–Trinajstić information content (AvgIpc) is 2.93. The SMILES string of the molecule is CN1c2ccc(C(=O)N3CCc4nc(NCc5ccc(C(F)(F)F)cc5)n(OCl)c(=O)c4C3)cc2CCC1O. The number of hydrogen-bond donors (Lipinski definition) is 2. The largest absolute Gasteiger partial charge is 0.416 e. The number of fused-ring (bicyclic) bond motifs is 2. The fourth-order valence-corrected chi connectivity index (χ4v) is 5.01. The first-order valence-corrected chi connectivity index (χ1v) is 12.5. The highest BCUT2D eigenvalue weighted by atomic mass is 35.5. The van der Waals surface area contributed by atoms with Crippen molar-refractivity contribution in [2.24, 2.45) is 0 Å². The molecule has 13 heteroatoms. The van der Waals surface area contributed by atoms with Crippen LogP contribution in [0.15, 0.2) is 47.3 Å². The van der Waals surface area contributed by atoms with E-state index in [4.69, 9.17) is 16.3 Å². The summed E-state index contributed by atoms with van der Waals surface area (Å²) in [5, 5.41) is 13.0. The molecule has 0 radical (unpaired) electrons. The summed E-state index contributed by atoms with van der Waals surface area (Å²) in [6.07, 6.45) is -3.47. The van der Waals surface area contributed by atoms with Gasteiger partial charge in [0, 0.05) is 37.8 Å². The summed E-state index contributed by atoms with van der Waals surface area (Å²) in [6.45, 7) is 0.409. The number of carbonyl (C=O) groups excluding carboxylic acids is 1. The lowest BCUT2D eigenvalue weighted by Gasteiger charge is -2.33. The van der Waals surface area contributed by atoms with Crippen LogP contribution in [0.5, 0.6) is 0 Å². The Hall–Kier alpha value is -3.77. The van der Waals surface area contributed by atoms with Crippen molar-refractivity contribution in [3.8, 4) is 0 Å². The van der Waals surface area contributed by atoms with E-state index in [1.54, 1.807) is 22.9 Å². The van der Waals surface area contributed by atoms with E-state index in [1.165, 1.54) is 12.1 Å². The molecular weight excluding hydrogens is 539 g/mol. The van der Waals surface area contributed by atoms with Gasteiger partial charge in [-0.05, 0) is 54.3 Å². The van der Waals surface area contributed by atoms with Crippen molar-refractivity contribution >= 4 is 29.4 Å². The number of nitrogens with one attached hydrogen (secondary N) is 1. The molecule has 9 nitrogen and oxygen atoms in total. The van der Waals surface area contributed by atoms with Gasteiger partial charge in [-0.3, -0.25) is 14.0 Å². The Morgan fingerprint density at radius 1 is 1.21 bits per heavy atom. The van der Waals surface area contributed by atoms with E-state index in [0.29, 0.717) is 42.6 Å². The normalized spacial score (nSPS) is 16.9. The number of amides is 1. The maximum Gasteiger partial charge on any atom is 0.416 e. The molecule has 2 aromatic carbocycles. The number of rotatable bonds is 5. The standard InChI is InChI=1S/C26H25ClF3N5O4/c1-33-21-8-4-17(12-16(21)5-9-22(33)36)23(37)34-11-10-20-19(14-34)24(38)35(39-27)25(32-20)31-13-15-2-6-18(7-3-15)26(28,29)30/h2-4,6-8,12,22,36H,5,9-11,13-14H2,1H3,(H,31,32). The van der Waals surface area contributed by atoms with Gasteiger partial charge in [0.15, 0.2) is 11.9 Å². The summed E-state index contributed by atoms with van der Waals surface area (Å²) in [5.74, 6) is -0.242. The monoisotopic (exact) mass is 563 g/mol. The molecule has 1 aromatic heterocycles. The number of alkyl halides is 3. The van der Waals surface area contributed by atoms with E-state index in [1.807, 2.05) is 12.1 Å². The zero-order valence-corrected chi connectivity index (χ0v) is 21.6. The molecule has 206 valence electrons. The third-order valence-corrected chi connectivity index (χ3v) is 7.24. The second-order valence-corrected chi connectivity index (χ2v) is 9.67. The Labute approximate surface area is 226 Å². The number of aryl methyl sites for hydroxylation is 1. The molecule has 2 aliphatic rings. The van der Waals surface area contributed by atoms with Gasteiger partial charge in [0.05, 0.1) is 23.4 Å². The summed E-state index contributed by atoms with van der Waals surface area (Å²) >= 11 is 5.57. The van der Waals surface area contributed by atoms with Gasteiger partial charge >= 0.3 is 6.18 Å². The highest BCUT2D eigenvalue weighted by Crippen LogP contribution is 2.31. The lowest BCUT2D eigenvalue weighted by Crippen LogP contribution is -2.42. The van der Waals surface area contributed by atoms with Gasteiger partial charge in [-0.2, -0.15) is 13.2 Å². The molecule has 1 unspecified atom stereocenters. The second-order valence-electron chi connectivity index (χ2n) is 9.53. The molecule has 1 atom stereocenters. The Bertz CT molecular complexity index is 1460. The van der Waals surface area contributed by atoms with Crippen LogP contribution in [0.25, 0.3) is 0 Å². The minimum Gasteiger partial charge on any atom is -0.374 e. The predicted octanol–water partition coefficient (Wildman–Crippen LogP) is 3.36. The third-order valence-electron chi connectivity index (χ3n) is 7.11. The van der Waals surface area contributed by atoms with Crippen LogP contribution in [-0.4, -0.2) is 45.4 Å². The first-order valence-electron chi connectivity index (χ1n) is 12.2. The van der Waals surface area contributed by atoms with Crippen LogP contribution >= 0.6 is 11.9 Å². The zero-order valence-electron chi connectivity index (χ0n) is 20.8. The first-order chi connectivity index (χ1) is 18.6. The number of anilines is 2. The smallest absolute Gasteiger partial charge is 0.374 e. The van der Waals surface area contributed by atoms with E-state index < -0.39 is 23.5 Å². The van der Waals surface area contributed by atoms with Crippen LogP contribution in [0.3, 0.4) is 0 Å². The summed E-state index contributed by atoms with van der Waals surface area (Å²) in [6, 6.07) is 9.93. The van der Waals surface area contributed by atoms with Gasteiger partial charge in [0.2, 0.25) is 5.95 Å². The number of carbonyl (C=O) groups is 1. The topological polar surface area (TPSA) is 99.9 Å². The van der Waals surface area contributed by atoms with E-state index in [0.717, 1.165) is 28.1 Å². The lowest BCUT2D eigenvalue weighted by molar-refractivity contribution is -0.137. The van der Waals surface area contributed by atoms with Crippen LogP contribution < -0.4 is 20.2 Å². The van der Waals surface area contributed by atoms with Crippen LogP contribution in [-0.2, 0) is 32.1 Å². The molecule has 39 heavy (non-hydrogen) atoms. The maximum atomic E-state index is 13.3. The average molecular weight is 564 g/mol. The molecule has 3 heterocycles. The van der Waals surface area contributed by atoms with Gasteiger partial charge in [-0.15, -0.1) is 0 Å². The predicted molar refractivity (Wildman–Crippen MR) is 137 cm³/mol. The highest BCUT2D eigenvalue weighted by Gasteiger charge is 2.31. The van der Waals surface area contributed by atoms with E-state index in [2.05, 4.69) is 10.3 Å². The molecule has 1 amide bonds. The molecule has 2 aliphatic heterocycles. The number of benzene rings is 2. The summed E-state index contributed by atoms with van der Waals surface area (Å²) in [7, 11) is 1.80. The lowest BCUT2D eigenvalue weighted by atomic mass is 9.97. The van der Waals surface area contributed by atoms with Crippen molar-refractivity contribution in [2.75, 3.05) is 23.8 Å². The minimum absolute atomic E-state index is 0.00517. The molecule has 0 aliphatic carbocycles. The molecule has 2 N–H and O–H groups in total. The molecule has 0 spiro atoms. The van der Waals surface area contributed by atoms with Crippen LogP contribution in [0.4, 0.5) is 24.8 Å². The van der Waals surface area contributed by atoms with E-state index in [-0.39, 0.29) is 30.5 Å². The van der Waals surface area contributed by atoms with Gasteiger partial charge in [0.1, 0.15) is 6.23 Å². The summed E-state index contributed by atoms with van der Waals surface area (Å²) in [5.41, 5.74) is 2.23. The highest BCUT2D eigenvalue weighted by molar-refractivity contribution is 6.07. The van der Waals surface area contributed by atoms with Crippen LogP contribution in [0, 0.1) is 0 Å². The van der Waals surface area contributed by atoms with Crippen molar-refractivity contribution in [1.82, 2.24) is 14.6 Å². The molecular formula is C26H25ClF3N5O4. The van der Waals surface area contributed by atoms with Crippen molar-refractivity contribution in [2.45, 2.75) is 44.8 Å². The minimum atomic E-state index is -4.44. The summed E-state index contributed by atoms with van der Waals surface area (Å²) < 4.78 is 43.9. The number of hydrogen-bond acceptors (Lipinski definition) is 7. The molecule has 3 aromatic rings. The maximum absolute atomic E-state index is 13.3. The van der Waals surface area contributed by atoms with Gasteiger partial charge in [-0.1, -0.05) is 16.9 Å². The summed E-state index contributed by atoms with van der Waals surface area (Å²) in [4.78, 5) is 34.3. The Kier molecular flexibility index (Phi) is 7.17. The molecule has 0 saturated carbocycles. The fraction of sp³-hybridized carbons (Fsp3) is 0.346. The second kappa shape index (κ2) is 10.4. The molecule has 0 bridgehead atoms. The van der Waals surface area contributed by atoms with E-state index in [9.17, 15) is 27.9 Å². The molecule has 0 fully saturated rings. The van der Waals surface area contributed by atoms with Gasteiger partial charge < -0.3 is 20.2 Å². The van der Waals surface area contributed by atoms with Gasteiger partial charge in [0.25, 0.3) is 11.5 Å². The molecule has 5 rings (SSSR count). The van der Waals surface area contributed by atoms with Crippen molar-refractivity contribution < 1.29 is 27.5 Å². The Morgan fingerprint density at radius 3 is 2.64 bits per heavy atom. The number of aromatic nitrogens is 2. The van der Waals surface area contributed by atoms with E-state index >= 15 is 0 Å².